The third-order valence-corrected chi connectivity index (χ3v) is 6.54. The van der Waals surface area contributed by atoms with Gasteiger partial charge in [0.1, 0.15) is 5.60 Å². The Kier molecular flexibility index (Phi) is 8.40. The molecule has 2 N–H and O–H groups in total. The first-order valence-electron chi connectivity index (χ1n) is 12.8. The molecule has 1 atom stereocenters. The van der Waals surface area contributed by atoms with E-state index < -0.39 is 5.60 Å². The van der Waals surface area contributed by atoms with Crippen LogP contribution >= 0.6 is 0 Å². The Labute approximate surface area is 212 Å². The number of amides is 2. The van der Waals surface area contributed by atoms with Crippen LogP contribution < -0.4 is 10.2 Å². The summed E-state index contributed by atoms with van der Waals surface area (Å²) in [5.41, 5.74) is 0.815. The molecule has 1 unspecified atom stereocenters. The summed E-state index contributed by atoms with van der Waals surface area (Å²) in [6, 6.07) is 1.83. The Balaban J connectivity index is 1.21. The molecule has 2 aliphatic rings. The standard InChI is InChI=1S/C25H38N8O3/c1-25(2,3)36-24(35)33-12-4-7-19(18-33)21-20(17-29-30-21)22(34)26-10-6-11-31-13-15-32(16-14-31)23-27-8-5-9-28-23/h5,8-9,17,19H,4,6-7,10-16,18H2,1-3H3,(H,26,34)(H,29,30). The molecule has 11 heteroatoms. The van der Waals surface area contributed by atoms with E-state index in [9.17, 15) is 9.59 Å². The number of hydrogen-bond donors (Lipinski definition) is 2. The number of anilines is 1. The highest BCUT2D eigenvalue weighted by Gasteiger charge is 2.31. The lowest BCUT2D eigenvalue weighted by molar-refractivity contribution is 0.0197. The number of H-pyrrole nitrogens is 1. The van der Waals surface area contributed by atoms with E-state index in [0.717, 1.165) is 63.6 Å². The van der Waals surface area contributed by atoms with E-state index in [4.69, 9.17) is 4.74 Å². The van der Waals surface area contributed by atoms with Gasteiger partial charge in [0.2, 0.25) is 5.95 Å². The van der Waals surface area contributed by atoms with E-state index in [1.807, 2.05) is 26.8 Å². The number of rotatable bonds is 7. The molecule has 2 saturated heterocycles. The average molecular weight is 499 g/mol. The number of nitrogens with zero attached hydrogens (tertiary/aromatic N) is 6. The van der Waals surface area contributed by atoms with Crippen molar-refractivity contribution < 1.29 is 14.3 Å². The number of piperazine rings is 1. The van der Waals surface area contributed by atoms with Crippen LogP contribution in [0, 0.1) is 0 Å². The van der Waals surface area contributed by atoms with Crippen molar-refractivity contribution in [3.05, 3.63) is 35.9 Å². The van der Waals surface area contributed by atoms with Crippen molar-refractivity contribution in [2.75, 3.05) is 57.3 Å². The van der Waals surface area contributed by atoms with Crippen LogP contribution in [0.15, 0.2) is 24.7 Å². The quantitative estimate of drug-likeness (QED) is 0.558. The summed E-state index contributed by atoms with van der Waals surface area (Å²) in [6.07, 6.45) is 7.44. The molecule has 0 aromatic carbocycles. The molecule has 2 aliphatic heterocycles. The van der Waals surface area contributed by atoms with E-state index in [0.29, 0.717) is 25.2 Å². The van der Waals surface area contributed by atoms with Crippen LogP contribution in [-0.4, -0.2) is 99.9 Å². The van der Waals surface area contributed by atoms with Crippen LogP contribution in [0.2, 0.25) is 0 Å². The van der Waals surface area contributed by atoms with Crippen molar-refractivity contribution >= 4 is 17.9 Å². The van der Waals surface area contributed by atoms with E-state index in [1.165, 1.54) is 0 Å². The maximum Gasteiger partial charge on any atom is 0.410 e. The van der Waals surface area contributed by atoms with Gasteiger partial charge in [-0.15, -0.1) is 0 Å². The molecule has 4 heterocycles. The second kappa shape index (κ2) is 11.7. The molecule has 196 valence electrons. The van der Waals surface area contributed by atoms with E-state index in [2.05, 4.69) is 35.3 Å². The summed E-state index contributed by atoms with van der Waals surface area (Å²) in [5, 5.41) is 10.2. The van der Waals surface area contributed by atoms with Gasteiger partial charge in [0.05, 0.1) is 17.5 Å². The van der Waals surface area contributed by atoms with Crippen molar-refractivity contribution in [3.63, 3.8) is 0 Å². The highest BCUT2D eigenvalue weighted by atomic mass is 16.6. The maximum absolute atomic E-state index is 12.9. The van der Waals surface area contributed by atoms with E-state index >= 15 is 0 Å². The summed E-state index contributed by atoms with van der Waals surface area (Å²) in [4.78, 5) is 40.4. The fraction of sp³-hybridized carbons (Fsp3) is 0.640. The zero-order valence-electron chi connectivity index (χ0n) is 21.6. The van der Waals surface area contributed by atoms with Crippen LogP contribution in [0.5, 0.6) is 0 Å². The van der Waals surface area contributed by atoms with Crippen molar-refractivity contribution in [1.82, 2.24) is 35.3 Å². The Hall–Kier alpha value is -3.21. The zero-order chi connectivity index (χ0) is 25.5. The fourth-order valence-electron chi connectivity index (χ4n) is 4.72. The first-order valence-corrected chi connectivity index (χ1v) is 12.8. The smallest absolute Gasteiger partial charge is 0.410 e. The molecule has 2 aromatic rings. The SMILES string of the molecule is CC(C)(C)OC(=O)N1CCCC(c2[nH]ncc2C(=O)NCCCN2CCN(c3ncccn3)CC2)C1. The summed E-state index contributed by atoms with van der Waals surface area (Å²) >= 11 is 0. The van der Waals surface area contributed by atoms with Crippen molar-refractivity contribution in [2.24, 2.45) is 0 Å². The normalized spacial score (nSPS) is 19.2. The number of likely N-dealkylation sites (tertiary alicyclic amines) is 1. The number of aromatic amines is 1. The largest absolute Gasteiger partial charge is 0.444 e. The summed E-state index contributed by atoms with van der Waals surface area (Å²) in [6.45, 7) is 12.0. The first-order chi connectivity index (χ1) is 17.3. The van der Waals surface area contributed by atoms with Crippen LogP contribution in [0.1, 0.15) is 62.0 Å². The Morgan fingerprint density at radius 1 is 1.14 bits per heavy atom. The van der Waals surface area contributed by atoms with Gasteiger partial charge >= 0.3 is 6.09 Å². The monoisotopic (exact) mass is 498 g/mol. The molecule has 0 spiro atoms. The molecule has 2 fully saturated rings. The molecular formula is C25H38N8O3. The lowest BCUT2D eigenvalue weighted by Gasteiger charge is -2.34. The van der Waals surface area contributed by atoms with Gasteiger partial charge < -0.3 is 19.9 Å². The van der Waals surface area contributed by atoms with Crippen LogP contribution in [0.25, 0.3) is 0 Å². The van der Waals surface area contributed by atoms with Crippen molar-refractivity contribution in [1.29, 1.82) is 0 Å². The second-order valence-corrected chi connectivity index (χ2v) is 10.4. The Morgan fingerprint density at radius 2 is 1.89 bits per heavy atom. The third kappa shape index (κ3) is 6.93. The van der Waals surface area contributed by atoms with Gasteiger partial charge in [-0.25, -0.2) is 14.8 Å². The van der Waals surface area contributed by atoms with Crippen LogP contribution in [0.4, 0.5) is 10.7 Å². The van der Waals surface area contributed by atoms with Crippen molar-refractivity contribution in [3.8, 4) is 0 Å². The molecule has 2 amide bonds. The van der Waals surface area contributed by atoms with Crippen LogP contribution in [0.3, 0.4) is 0 Å². The van der Waals surface area contributed by atoms with Crippen LogP contribution in [-0.2, 0) is 4.74 Å². The molecule has 0 saturated carbocycles. The molecule has 36 heavy (non-hydrogen) atoms. The zero-order valence-corrected chi connectivity index (χ0v) is 21.6. The Bertz CT molecular complexity index is 998. The van der Waals surface area contributed by atoms with Crippen molar-refractivity contribution in [2.45, 2.75) is 51.6 Å². The fourth-order valence-corrected chi connectivity index (χ4v) is 4.72. The van der Waals surface area contributed by atoms with Gasteiger partial charge in [0.15, 0.2) is 0 Å². The number of carbonyl (C=O) groups excluding carboxylic acids is 2. The Morgan fingerprint density at radius 3 is 2.61 bits per heavy atom. The molecule has 0 bridgehead atoms. The summed E-state index contributed by atoms with van der Waals surface area (Å²) in [5.74, 6) is 0.686. The van der Waals surface area contributed by atoms with Gasteiger partial charge in [-0.1, -0.05) is 0 Å². The highest BCUT2D eigenvalue weighted by molar-refractivity contribution is 5.95. The van der Waals surface area contributed by atoms with E-state index in [-0.39, 0.29) is 17.9 Å². The number of carbonyl (C=O) groups is 2. The number of aromatic nitrogens is 4. The highest BCUT2D eigenvalue weighted by Crippen LogP contribution is 2.28. The average Bonchev–Trinajstić information content (AvgIpc) is 3.37. The minimum absolute atomic E-state index is 0.0272. The molecule has 0 aliphatic carbocycles. The van der Waals surface area contributed by atoms with E-state index in [1.54, 1.807) is 23.5 Å². The van der Waals surface area contributed by atoms with Gasteiger partial charge in [0, 0.05) is 64.1 Å². The third-order valence-electron chi connectivity index (χ3n) is 6.54. The summed E-state index contributed by atoms with van der Waals surface area (Å²) in [7, 11) is 0. The number of piperidine rings is 1. The lowest BCUT2D eigenvalue weighted by Crippen LogP contribution is -2.47. The molecule has 2 aromatic heterocycles. The molecule has 11 nitrogen and oxygen atoms in total. The number of ether oxygens (including phenoxy) is 1. The summed E-state index contributed by atoms with van der Waals surface area (Å²) < 4.78 is 5.53. The minimum Gasteiger partial charge on any atom is -0.444 e. The number of nitrogens with one attached hydrogen (secondary N) is 2. The predicted molar refractivity (Wildman–Crippen MR) is 136 cm³/mol. The predicted octanol–water partition coefficient (Wildman–Crippen LogP) is 2.26. The van der Waals surface area contributed by atoms with Gasteiger partial charge in [0.25, 0.3) is 5.91 Å². The molecular weight excluding hydrogens is 460 g/mol. The molecule has 4 rings (SSSR count). The topological polar surface area (TPSA) is 120 Å². The van der Waals surface area contributed by atoms with Gasteiger partial charge in [-0.2, -0.15) is 5.10 Å². The van der Waals surface area contributed by atoms with Gasteiger partial charge in [-0.3, -0.25) is 14.8 Å². The van der Waals surface area contributed by atoms with Gasteiger partial charge in [-0.05, 0) is 52.6 Å². The number of hydrogen-bond acceptors (Lipinski definition) is 8. The maximum atomic E-state index is 12.9. The second-order valence-electron chi connectivity index (χ2n) is 10.4. The first kappa shape index (κ1) is 25.9. The minimum atomic E-state index is -0.535. The lowest BCUT2D eigenvalue weighted by atomic mass is 9.92. The molecule has 0 radical (unpaired) electrons.